The number of fused-ring (bicyclic) bond motifs is 1. The predicted octanol–water partition coefficient (Wildman–Crippen LogP) is 6.40. The van der Waals surface area contributed by atoms with Gasteiger partial charge in [-0.1, -0.05) is 47.5 Å². The van der Waals surface area contributed by atoms with Crippen molar-refractivity contribution in [1.29, 1.82) is 0 Å². The minimum absolute atomic E-state index is 0.0191. The van der Waals surface area contributed by atoms with Crippen LogP contribution in [-0.4, -0.2) is 40.7 Å². The molecule has 5 rings (SSSR count). The number of methoxy groups -OCH3 is 1. The van der Waals surface area contributed by atoms with Gasteiger partial charge >= 0.3 is 0 Å². The van der Waals surface area contributed by atoms with Crippen molar-refractivity contribution in [1.82, 2.24) is 14.9 Å². The zero-order valence-electron chi connectivity index (χ0n) is 19.3. The SMILES string of the molecule is [CH2]CN1Cc2cc(-c3nccc(-c4cccc(-c5ccc(C=O)c(OC)n5)c4Cl)c3Cl)ccc2C1=O. The van der Waals surface area contributed by atoms with E-state index in [0.29, 0.717) is 68.6 Å². The van der Waals surface area contributed by atoms with Gasteiger partial charge in [-0.2, -0.15) is 0 Å². The molecule has 3 heterocycles. The predicted molar refractivity (Wildman–Crippen MR) is 140 cm³/mol. The molecule has 6 nitrogen and oxygen atoms in total. The Hall–Kier alpha value is -3.74. The van der Waals surface area contributed by atoms with Crippen molar-refractivity contribution < 1.29 is 14.3 Å². The van der Waals surface area contributed by atoms with Crippen LogP contribution in [0.3, 0.4) is 0 Å². The molecule has 179 valence electrons. The number of pyridine rings is 2. The Balaban J connectivity index is 1.57. The summed E-state index contributed by atoms with van der Waals surface area (Å²) >= 11 is 13.8. The third kappa shape index (κ3) is 4.02. The molecule has 4 aromatic rings. The molecule has 8 heteroatoms. The molecular weight excluding hydrogens is 497 g/mol. The van der Waals surface area contributed by atoms with E-state index in [1.807, 2.05) is 42.5 Å². The van der Waals surface area contributed by atoms with Gasteiger partial charge in [-0.05, 0) is 42.8 Å². The summed E-state index contributed by atoms with van der Waals surface area (Å²) in [5, 5.41) is 0.896. The summed E-state index contributed by atoms with van der Waals surface area (Å²) in [5.41, 5.74) is 6.00. The standard InChI is InChI=1S/C28H20Cl2N3O3/c1-3-33-14-18-13-16(7-9-19(18)28(33)35)26-25(30)21(11-12-31-26)20-5-4-6-22(24(20)29)23-10-8-17(15-34)27(32-23)36-2/h4-13,15H,1,3,14H2,2H3. The van der Waals surface area contributed by atoms with Crippen LogP contribution in [0.25, 0.3) is 33.6 Å². The van der Waals surface area contributed by atoms with Gasteiger partial charge in [0.05, 0.1) is 34.1 Å². The number of amides is 1. The fraction of sp³-hybridized carbons (Fsp3) is 0.107. The van der Waals surface area contributed by atoms with Gasteiger partial charge in [-0.25, -0.2) is 4.98 Å². The van der Waals surface area contributed by atoms with E-state index in [4.69, 9.17) is 27.9 Å². The van der Waals surface area contributed by atoms with Crippen molar-refractivity contribution in [3.63, 3.8) is 0 Å². The first-order valence-corrected chi connectivity index (χ1v) is 11.9. The molecule has 0 saturated heterocycles. The molecule has 1 amide bonds. The van der Waals surface area contributed by atoms with E-state index in [0.717, 1.165) is 11.1 Å². The summed E-state index contributed by atoms with van der Waals surface area (Å²) in [7, 11) is 1.46. The fourth-order valence-electron chi connectivity index (χ4n) is 4.35. The van der Waals surface area contributed by atoms with Crippen LogP contribution in [0.2, 0.25) is 10.0 Å². The number of aromatic nitrogens is 2. The second-order valence-electron chi connectivity index (χ2n) is 8.20. The van der Waals surface area contributed by atoms with Crippen LogP contribution >= 0.6 is 23.2 Å². The van der Waals surface area contributed by atoms with Gasteiger partial charge in [-0.15, -0.1) is 0 Å². The minimum atomic E-state index is -0.0191. The third-order valence-corrected chi connectivity index (χ3v) is 6.98. The third-order valence-electron chi connectivity index (χ3n) is 6.19. The topological polar surface area (TPSA) is 72.4 Å². The largest absolute Gasteiger partial charge is 0.480 e. The van der Waals surface area contributed by atoms with Gasteiger partial charge in [0.15, 0.2) is 6.29 Å². The lowest BCUT2D eigenvalue weighted by Gasteiger charge is -2.14. The van der Waals surface area contributed by atoms with Gasteiger partial charge in [0.1, 0.15) is 0 Å². The van der Waals surface area contributed by atoms with Gasteiger partial charge < -0.3 is 9.64 Å². The Labute approximate surface area is 218 Å². The molecule has 0 saturated carbocycles. The van der Waals surface area contributed by atoms with Crippen molar-refractivity contribution in [3.05, 3.63) is 94.5 Å². The Bertz CT molecular complexity index is 1520. The van der Waals surface area contributed by atoms with Crippen molar-refractivity contribution >= 4 is 35.4 Å². The Morgan fingerprint density at radius 1 is 1.03 bits per heavy atom. The van der Waals surface area contributed by atoms with Gasteiger partial charge in [0, 0.05) is 47.1 Å². The molecule has 0 aliphatic carbocycles. The minimum Gasteiger partial charge on any atom is -0.480 e. The number of benzene rings is 2. The lowest BCUT2D eigenvalue weighted by Crippen LogP contribution is -2.23. The highest BCUT2D eigenvalue weighted by Gasteiger charge is 2.27. The lowest BCUT2D eigenvalue weighted by molar-refractivity contribution is 0.0795. The van der Waals surface area contributed by atoms with Crippen LogP contribution in [0.15, 0.2) is 60.8 Å². The van der Waals surface area contributed by atoms with Crippen LogP contribution in [-0.2, 0) is 6.54 Å². The van der Waals surface area contributed by atoms with E-state index >= 15 is 0 Å². The molecule has 1 radical (unpaired) electrons. The summed E-state index contributed by atoms with van der Waals surface area (Å²) < 4.78 is 5.25. The van der Waals surface area contributed by atoms with Gasteiger partial charge in [-0.3, -0.25) is 14.6 Å². The Morgan fingerprint density at radius 2 is 1.81 bits per heavy atom. The molecule has 0 N–H and O–H groups in total. The molecule has 0 atom stereocenters. The van der Waals surface area contributed by atoms with Crippen LogP contribution in [0.4, 0.5) is 0 Å². The number of ether oxygens (including phenoxy) is 1. The fourth-order valence-corrected chi connectivity index (χ4v) is 5.00. The summed E-state index contributed by atoms with van der Waals surface area (Å²) in [6.45, 7) is 4.75. The number of rotatable bonds is 6. The van der Waals surface area contributed by atoms with Gasteiger partial charge in [0.2, 0.25) is 5.88 Å². The van der Waals surface area contributed by atoms with E-state index in [-0.39, 0.29) is 11.8 Å². The highest BCUT2D eigenvalue weighted by Crippen LogP contribution is 2.42. The zero-order valence-corrected chi connectivity index (χ0v) is 20.8. The zero-order chi connectivity index (χ0) is 25.4. The van der Waals surface area contributed by atoms with E-state index in [2.05, 4.69) is 16.9 Å². The second-order valence-corrected chi connectivity index (χ2v) is 8.96. The first-order chi connectivity index (χ1) is 17.5. The normalized spacial score (nSPS) is 12.6. The first-order valence-electron chi connectivity index (χ1n) is 11.1. The average molecular weight is 517 g/mol. The number of hydrogen-bond donors (Lipinski definition) is 0. The van der Waals surface area contributed by atoms with E-state index < -0.39 is 0 Å². The monoisotopic (exact) mass is 516 g/mol. The Morgan fingerprint density at radius 3 is 2.56 bits per heavy atom. The molecule has 1 aliphatic heterocycles. The number of carbonyl (C=O) groups is 2. The maximum absolute atomic E-state index is 12.4. The highest BCUT2D eigenvalue weighted by molar-refractivity contribution is 6.39. The quantitative estimate of drug-likeness (QED) is 0.277. The number of nitrogens with zero attached hydrogens (tertiary/aromatic N) is 3. The van der Waals surface area contributed by atoms with Crippen molar-refractivity contribution in [2.45, 2.75) is 6.54 Å². The highest BCUT2D eigenvalue weighted by atomic mass is 35.5. The average Bonchev–Trinajstić information content (AvgIpc) is 3.23. The smallest absolute Gasteiger partial charge is 0.254 e. The molecule has 1 aliphatic rings. The summed E-state index contributed by atoms with van der Waals surface area (Å²) in [5.74, 6) is 0.204. The molecule has 2 aromatic heterocycles. The maximum atomic E-state index is 12.4. The Kier molecular flexibility index (Phi) is 6.48. The second kappa shape index (κ2) is 9.72. The van der Waals surface area contributed by atoms with Crippen LogP contribution in [0, 0.1) is 6.92 Å². The van der Waals surface area contributed by atoms with E-state index in [1.54, 1.807) is 23.2 Å². The molecule has 0 bridgehead atoms. The van der Waals surface area contributed by atoms with E-state index in [9.17, 15) is 9.59 Å². The first kappa shape index (κ1) is 24.0. The summed E-state index contributed by atoms with van der Waals surface area (Å²) in [6, 6.07) is 16.4. The van der Waals surface area contributed by atoms with Gasteiger partial charge in [0.25, 0.3) is 5.91 Å². The number of aldehydes is 1. The molecular formula is C28H20Cl2N3O3. The van der Waals surface area contributed by atoms with Crippen molar-refractivity contribution in [3.8, 4) is 39.5 Å². The van der Waals surface area contributed by atoms with Crippen LogP contribution in [0.1, 0.15) is 26.3 Å². The van der Waals surface area contributed by atoms with Crippen LogP contribution < -0.4 is 4.74 Å². The number of hydrogen-bond acceptors (Lipinski definition) is 5. The van der Waals surface area contributed by atoms with Crippen molar-refractivity contribution in [2.75, 3.05) is 13.7 Å². The summed E-state index contributed by atoms with van der Waals surface area (Å²) in [6.07, 6.45) is 2.37. The molecule has 2 aromatic carbocycles. The molecule has 0 unspecified atom stereocenters. The molecule has 0 fully saturated rings. The number of halogens is 2. The number of carbonyl (C=O) groups excluding carboxylic acids is 2. The van der Waals surface area contributed by atoms with Crippen molar-refractivity contribution in [2.24, 2.45) is 0 Å². The lowest BCUT2D eigenvalue weighted by atomic mass is 9.98. The van der Waals surface area contributed by atoms with Crippen LogP contribution in [0.5, 0.6) is 5.88 Å². The molecule has 36 heavy (non-hydrogen) atoms. The maximum Gasteiger partial charge on any atom is 0.254 e. The summed E-state index contributed by atoms with van der Waals surface area (Å²) in [4.78, 5) is 34.4. The molecule has 0 spiro atoms. The van der Waals surface area contributed by atoms with E-state index in [1.165, 1.54) is 7.11 Å².